The number of benzene rings is 2. The molecule has 3 nitrogen and oxygen atoms in total. The molecule has 108 valence electrons. The molecule has 21 heavy (non-hydrogen) atoms. The Balaban J connectivity index is 2.06. The van der Waals surface area contributed by atoms with Crippen LogP contribution in [0.2, 0.25) is 0 Å². The number of hydrogen-bond acceptors (Lipinski definition) is 3. The standard InChI is InChI=1S/C16H13F2NO2/c1-16(20)14(11-3-2-4-13(18)9-11)15(19-21-16)10-5-7-12(17)8-6-10/h2-9,14,20H,1H3. The van der Waals surface area contributed by atoms with Crippen molar-refractivity contribution in [3.63, 3.8) is 0 Å². The molecule has 0 bridgehead atoms. The molecule has 0 aromatic heterocycles. The second-order valence-electron chi connectivity index (χ2n) is 5.12. The SMILES string of the molecule is CC1(O)ON=C(c2ccc(F)cc2)C1c1cccc(F)c1. The van der Waals surface area contributed by atoms with E-state index in [1.165, 1.54) is 31.2 Å². The first-order chi connectivity index (χ1) is 9.97. The summed E-state index contributed by atoms with van der Waals surface area (Å²) in [5.74, 6) is -3.02. The van der Waals surface area contributed by atoms with Crippen molar-refractivity contribution in [1.82, 2.24) is 0 Å². The third-order valence-corrected chi connectivity index (χ3v) is 3.46. The molecule has 5 heteroatoms. The van der Waals surface area contributed by atoms with E-state index in [2.05, 4.69) is 5.16 Å². The first-order valence-corrected chi connectivity index (χ1v) is 6.47. The molecule has 0 saturated carbocycles. The van der Waals surface area contributed by atoms with E-state index in [-0.39, 0.29) is 5.82 Å². The number of halogens is 2. The number of nitrogens with zero attached hydrogens (tertiary/aromatic N) is 1. The van der Waals surface area contributed by atoms with Gasteiger partial charge in [-0.25, -0.2) is 8.78 Å². The molecular weight excluding hydrogens is 276 g/mol. The van der Waals surface area contributed by atoms with Gasteiger partial charge in [-0.2, -0.15) is 0 Å². The summed E-state index contributed by atoms with van der Waals surface area (Å²) in [7, 11) is 0. The van der Waals surface area contributed by atoms with E-state index < -0.39 is 17.5 Å². The molecule has 0 amide bonds. The van der Waals surface area contributed by atoms with Crippen molar-refractivity contribution in [2.24, 2.45) is 5.16 Å². The maximum atomic E-state index is 13.4. The maximum absolute atomic E-state index is 13.4. The zero-order valence-corrected chi connectivity index (χ0v) is 11.3. The van der Waals surface area contributed by atoms with Crippen molar-refractivity contribution < 1.29 is 18.7 Å². The fourth-order valence-electron chi connectivity index (χ4n) is 2.49. The zero-order valence-electron chi connectivity index (χ0n) is 11.3. The van der Waals surface area contributed by atoms with E-state index in [4.69, 9.17) is 4.84 Å². The number of rotatable bonds is 2. The van der Waals surface area contributed by atoms with Crippen molar-refractivity contribution >= 4 is 5.71 Å². The van der Waals surface area contributed by atoms with Gasteiger partial charge in [0.1, 0.15) is 17.3 Å². The minimum Gasteiger partial charge on any atom is -0.359 e. The van der Waals surface area contributed by atoms with Crippen LogP contribution in [0.15, 0.2) is 53.7 Å². The average molecular weight is 289 g/mol. The molecule has 0 fully saturated rings. The topological polar surface area (TPSA) is 41.8 Å². The van der Waals surface area contributed by atoms with Crippen molar-refractivity contribution in [2.75, 3.05) is 0 Å². The third kappa shape index (κ3) is 2.52. The Kier molecular flexibility index (Phi) is 3.22. The quantitative estimate of drug-likeness (QED) is 0.922. The molecule has 1 aliphatic heterocycles. The molecule has 2 aromatic carbocycles. The smallest absolute Gasteiger partial charge is 0.244 e. The Morgan fingerprint density at radius 1 is 1.10 bits per heavy atom. The van der Waals surface area contributed by atoms with Gasteiger partial charge in [0.2, 0.25) is 5.79 Å². The van der Waals surface area contributed by atoms with Crippen LogP contribution in [0.4, 0.5) is 8.78 Å². The van der Waals surface area contributed by atoms with E-state index in [1.807, 2.05) is 0 Å². The Labute approximate surface area is 120 Å². The Bertz CT molecular complexity index is 696. The Hall–Kier alpha value is -2.27. The fourth-order valence-corrected chi connectivity index (χ4v) is 2.49. The zero-order chi connectivity index (χ0) is 15.0. The van der Waals surface area contributed by atoms with Crippen LogP contribution in [0.1, 0.15) is 24.0 Å². The highest BCUT2D eigenvalue weighted by atomic mass is 19.1. The van der Waals surface area contributed by atoms with Gasteiger partial charge in [-0.1, -0.05) is 29.4 Å². The molecule has 3 rings (SSSR count). The second kappa shape index (κ2) is 4.93. The first kappa shape index (κ1) is 13.7. The highest BCUT2D eigenvalue weighted by molar-refractivity contribution is 6.06. The number of aliphatic hydroxyl groups is 1. The second-order valence-corrected chi connectivity index (χ2v) is 5.12. The summed E-state index contributed by atoms with van der Waals surface area (Å²) in [4.78, 5) is 5.07. The van der Waals surface area contributed by atoms with Crippen LogP contribution < -0.4 is 0 Å². The van der Waals surface area contributed by atoms with E-state index in [0.717, 1.165) is 0 Å². The first-order valence-electron chi connectivity index (χ1n) is 6.47. The average Bonchev–Trinajstić information content (AvgIpc) is 2.75. The summed E-state index contributed by atoms with van der Waals surface area (Å²) < 4.78 is 26.5. The summed E-state index contributed by atoms with van der Waals surface area (Å²) in [5, 5.41) is 14.2. The van der Waals surface area contributed by atoms with Gasteiger partial charge in [-0.3, -0.25) is 0 Å². The summed E-state index contributed by atoms with van der Waals surface area (Å²) in [5.41, 5.74) is 1.59. The monoisotopic (exact) mass is 289 g/mol. The lowest BCUT2D eigenvalue weighted by atomic mass is 9.84. The lowest BCUT2D eigenvalue weighted by Gasteiger charge is -2.24. The minimum absolute atomic E-state index is 0.368. The lowest BCUT2D eigenvalue weighted by molar-refractivity contribution is -0.179. The molecule has 0 aliphatic carbocycles. The summed E-state index contributed by atoms with van der Waals surface area (Å²) in [6, 6.07) is 11.6. The maximum Gasteiger partial charge on any atom is 0.244 e. The number of oxime groups is 1. The van der Waals surface area contributed by atoms with E-state index >= 15 is 0 Å². The third-order valence-electron chi connectivity index (χ3n) is 3.46. The van der Waals surface area contributed by atoms with Crippen molar-refractivity contribution in [3.8, 4) is 0 Å². The van der Waals surface area contributed by atoms with Gasteiger partial charge >= 0.3 is 0 Å². The van der Waals surface area contributed by atoms with Crippen LogP contribution in [0.5, 0.6) is 0 Å². The van der Waals surface area contributed by atoms with Gasteiger partial charge in [0.05, 0.1) is 5.92 Å². The van der Waals surface area contributed by atoms with Crippen LogP contribution in [-0.4, -0.2) is 16.6 Å². The van der Waals surface area contributed by atoms with Crippen molar-refractivity contribution in [3.05, 3.63) is 71.3 Å². The van der Waals surface area contributed by atoms with Gasteiger partial charge in [0.25, 0.3) is 0 Å². The van der Waals surface area contributed by atoms with Gasteiger partial charge in [0.15, 0.2) is 0 Å². The Morgan fingerprint density at radius 3 is 2.48 bits per heavy atom. The van der Waals surface area contributed by atoms with Gasteiger partial charge < -0.3 is 9.94 Å². The van der Waals surface area contributed by atoms with Crippen LogP contribution in [0.3, 0.4) is 0 Å². The van der Waals surface area contributed by atoms with Gasteiger partial charge in [-0.05, 0) is 29.8 Å². The van der Waals surface area contributed by atoms with Crippen LogP contribution >= 0.6 is 0 Å². The molecule has 2 aromatic rings. The highest BCUT2D eigenvalue weighted by Crippen LogP contribution is 2.38. The molecule has 1 heterocycles. The normalized spacial score (nSPS) is 24.6. The largest absolute Gasteiger partial charge is 0.359 e. The van der Waals surface area contributed by atoms with Crippen molar-refractivity contribution in [2.45, 2.75) is 18.6 Å². The van der Waals surface area contributed by atoms with Crippen LogP contribution in [0.25, 0.3) is 0 Å². The molecule has 2 atom stereocenters. The van der Waals surface area contributed by atoms with Crippen molar-refractivity contribution in [1.29, 1.82) is 0 Å². The molecule has 0 radical (unpaired) electrons. The van der Waals surface area contributed by atoms with Gasteiger partial charge in [-0.15, -0.1) is 0 Å². The lowest BCUT2D eigenvalue weighted by Crippen LogP contribution is -2.34. The predicted molar refractivity (Wildman–Crippen MR) is 73.8 cm³/mol. The number of hydrogen-bond donors (Lipinski definition) is 1. The highest BCUT2D eigenvalue weighted by Gasteiger charge is 2.45. The molecule has 1 N–H and O–H groups in total. The van der Waals surface area contributed by atoms with E-state index in [1.54, 1.807) is 24.3 Å². The van der Waals surface area contributed by atoms with E-state index in [0.29, 0.717) is 16.8 Å². The summed E-state index contributed by atoms with van der Waals surface area (Å²) in [6.45, 7) is 1.46. The molecule has 0 spiro atoms. The van der Waals surface area contributed by atoms with Crippen LogP contribution in [0, 0.1) is 11.6 Å². The van der Waals surface area contributed by atoms with Crippen LogP contribution in [-0.2, 0) is 4.84 Å². The fraction of sp³-hybridized carbons (Fsp3) is 0.188. The minimum atomic E-state index is -1.59. The molecule has 1 aliphatic rings. The van der Waals surface area contributed by atoms with Gasteiger partial charge in [0, 0.05) is 12.5 Å². The molecule has 2 unspecified atom stereocenters. The Morgan fingerprint density at radius 2 is 1.81 bits per heavy atom. The molecular formula is C16H13F2NO2. The summed E-state index contributed by atoms with van der Waals surface area (Å²) >= 11 is 0. The summed E-state index contributed by atoms with van der Waals surface area (Å²) in [6.07, 6.45) is 0. The predicted octanol–water partition coefficient (Wildman–Crippen LogP) is 3.19. The van der Waals surface area contributed by atoms with E-state index in [9.17, 15) is 13.9 Å². The molecule has 0 saturated heterocycles.